The van der Waals surface area contributed by atoms with Gasteiger partial charge in [-0.1, -0.05) is 17.0 Å². The van der Waals surface area contributed by atoms with Crippen molar-refractivity contribution >= 4 is 34.6 Å². The van der Waals surface area contributed by atoms with Gasteiger partial charge in [-0.15, -0.1) is 0 Å². The van der Waals surface area contributed by atoms with Crippen molar-refractivity contribution in [2.75, 3.05) is 10.6 Å². The number of anilines is 2. The monoisotopic (exact) mass is 340 g/mol. The van der Waals surface area contributed by atoms with E-state index >= 15 is 0 Å². The number of aryl methyl sites for hydroxylation is 2. The summed E-state index contributed by atoms with van der Waals surface area (Å²) < 4.78 is 0. The number of carbonyl (C=O) groups excluding carboxylic acids is 2. The zero-order chi connectivity index (χ0) is 18.6. The van der Waals surface area contributed by atoms with Gasteiger partial charge in [0.05, 0.1) is 5.69 Å². The zero-order valence-corrected chi connectivity index (χ0v) is 14.6. The number of hydrogen-bond acceptors (Lipinski definition) is 4. The van der Waals surface area contributed by atoms with Crippen LogP contribution in [0.2, 0.25) is 0 Å². The molecule has 0 saturated carbocycles. The Morgan fingerprint density at radius 2 is 1.44 bits per heavy atom. The second-order valence-electron chi connectivity index (χ2n) is 5.73. The summed E-state index contributed by atoms with van der Waals surface area (Å²) in [6.45, 7) is 6.50. The lowest BCUT2D eigenvalue weighted by molar-refractivity contribution is -0.435. The van der Waals surface area contributed by atoms with Crippen molar-refractivity contribution in [3.8, 4) is 0 Å². The van der Waals surface area contributed by atoms with Crippen LogP contribution in [0.25, 0.3) is 0 Å². The molecular weight excluding hydrogens is 320 g/mol. The number of rotatable bonds is 4. The number of amides is 2. The number of carbonyl (C=O) groups is 2. The summed E-state index contributed by atoms with van der Waals surface area (Å²) in [6, 6.07) is 10.0. The smallest absolute Gasteiger partial charge is 0.247 e. The fourth-order valence-corrected chi connectivity index (χ4v) is 2.21. The standard InChI is InChI=1S/C18H20N4O3/c1-11-5-7-15(9-17(11)19-13(3)23)21-22(25)16-8-6-12(2)18(10-16)20-14(4)24/h5-10H,1-4H3,(H,19,23)(H,20,24). The third kappa shape index (κ3) is 4.87. The summed E-state index contributed by atoms with van der Waals surface area (Å²) in [5, 5.41) is 21.7. The molecule has 0 aromatic heterocycles. The third-order valence-corrected chi connectivity index (χ3v) is 3.49. The molecule has 0 unspecified atom stereocenters. The third-order valence-electron chi connectivity index (χ3n) is 3.49. The fraction of sp³-hybridized carbons (Fsp3) is 0.222. The van der Waals surface area contributed by atoms with Gasteiger partial charge in [0.15, 0.2) is 0 Å². The van der Waals surface area contributed by atoms with Crippen LogP contribution in [0.5, 0.6) is 0 Å². The van der Waals surface area contributed by atoms with Gasteiger partial charge >= 0.3 is 0 Å². The molecule has 0 bridgehead atoms. The van der Waals surface area contributed by atoms with Crippen LogP contribution in [0.15, 0.2) is 41.5 Å². The van der Waals surface area contributed by atoms with Crippen molar-refractivity contribution in [3.05, 3.63) is 52.7 Å². The summed E-state index contributed by atoms with van der Waals surface area (Å²) >= 11 is 0. The molecule has 0 aliphatic heterocycles. The average molecular weight is 340 g/mol. The predicted octanol–water partition coefficient (Wildman–Crippen LogP) is 4.15. The number of nitrogens with one attached hydrogen (secondary N) is 2. The summed E-state index contributed by atoms with van der Waals surface area (Å²) in [5.41, 5.74) is 3.57. The second kappa shape index (κ2) is 7.57. The molecule has 0 heterocycles. The first kappa shape index (κ1) is 18.1. The quantitative estimate of drug-likeness (QED) is 0.497. The second-order valence-corrected chi connectivity index (χ2v) is 5.73. The molecule has 0 saturated heterocycles. The molecule has 2 amide bonds. The highest BCUT2D eigenvalue weighted by atomic mass is 16.5. The van der Waals surface area contributed by atoms with Crippen molar-refractivity contribution in [1.29, 1.82) is 0 Å². The Hall–Kier alpha value is -3.22. The van der Waals surface area contributed by atoms with Crippen LogP contribution < -0.4 is 10.6 Å². The first-order valence-corrected chi connectivity index (χ1v) is 7.71. The molecule has 2 rings (SSSR count). The molecule has 25 heavy (non-hydrogen) atoms. The maximum Gasteiger partial charge on any atom is 0.247 e. The van der Waals surface area contributed by atoms with E-state index in [0.29, 0.717) is 21.9 Å². The van der Waals surface area contributed by atoms with Crippen molar-refractivity contribution in [1.82, 2.24) is 0 Å². The van der Waals surface area contributed by atoms with E-state index in [1.165, 1.54) is 13.8 Å². The van der Waals surface area contributed by atoms with Crippen LogP contribution in [-0.4, -0.2) is 16.7 Å². The number of hydrogen-bond donors (Lipinski definition) is 2. The van der Waals surface area contributed by atoms with Gasteiger partial charge in [-0.25, -0.2) is 0 Å². The van der Waals surface area contributed by atoms with Gasteiger partial charge < -0.3 is 15.8 Å². The van der Waals surface area contributed by atoms with Crippen LogP contribution in [0.1, 0.15) is 25.0 Å². The lowest BCUT2D eigenvalue weighted by Gasteiger charge is -2.08. The lowest BCUT2D eigenvalue weighted by Crippen LogP contribution is -2.07. The van der Waals surface area contributed by atoms with E-state index in [1.807, 2.05) is 13.8 Å². The Balaban J connectivity index is 2.35. The van der Waals surface area contributed by atoms with Gasteiger partial charge in [0.1, 0.15) is 5.69 Å². The van der Waals surface area contributed by atoms with E-state index in [2.05, 4.69) is 15.7 Å². The van der Waals surface area contributed by atoms with Gasteiger partial charge in [-0.05, 0) is 37.1 Å². The average Bonchev–Trinajstić information content (AvgIpc) is 2.51. The highest BCUT2D eigenvalue weighted by Crippen LogP contribution is 2.26. The Morgan fingerprint density at radius 1 is 0.920 bits per heavy atom. The molecule has 2 N–H and O–H groups in total. The number of benzene rings is 2. The highest BCUT2D eigenvalue weighted by Gasteiger charge is 2.10. The molecule has 0 fully saturated rings. The summed E-state index contributed by atoms with van der Waals surface area (Å²) in [6.07, 6.45) is 0. The Labute approximate surface area is 146 Å². The SMILES string of the molecule is CC(=O)Nc1cc(N=[N+]([O-])c2ccc(C)c(NC(C)=O)c2)ccc1C. The normalized spacial score (nSPS) is 11.1. The molecule has 0 aliphatic rings. The van der Waals surface area contributed by atoms with Crippen molar-refractivity contribution in [2.24, 2.45) is 5.11 Å². The van der Waals surface area contributed by atoms with E-state index in [4.69, 9.17) is 0 Å². The minimum atomic E-state index is -0.215. The first-order chi connectivity index (χ1) is 11.8. The molecule has 2 aromatic carbocycles. The number of nitrogens with zero attached hydrogens (tertiary/aromatic N) is 2. The van der Waals surface area contributed by atoms with Crippen molar-refractivity contribution < 1.29 is 14.4 Å². The van der Waals surface area contributed by atoms with E-state index < -0.39 is 0 Å². The van der Waals surface area contributed by atoms with Gasteiger partial charge in [0.25, 0.3) is 0 Å². The largest absolute Gasteiger partial charge is 0.594 e. The molecule has 0 aliphatic carbocycles. The van der Waals surface area contributed by atoms with Crippen molar-refractivity contribution in [3.63, 3.8) is 0 Å². The zero-order valence-electron chi connectivity index (χ0n) is 14.6. The molecule has 130 valence electrons. The summed E-state index contributed by atoms with van der Waals surface area (Å²) in [4.78, 5) is 22.9. The Bertz CT molecular complexity index is 859. The fourth-order valence-electron chi connectivity index (χ4n) is 2.21. The molecule has 0 spiro atoms. The first-order valence-electron chi connectivity index (χ1n) is 7.71. The predicted molar refractivity (Wildman–Crippen MR) is 96.3 cm³/mol. The molecule has 2 aromatic rings. The molecular formula is C18H20N4O3. The van der Waals surface area contributed by atoms with Crippen LogP contribution in [0, 0.1) is 19.1 Å². The summed E-state index contributed by atoms with van der Waals surface area (Å²) in [5.74, 6) is -0.411. The minimum absolute atomic E-state index is 0.197. The van der Waals surface area contributed by atoms with E-state index in [-0.39, 0.29) is 17.5 Å². The maximum atomic E-state index is 12.3. The van der Waals surface area contributed by atoms with E-state index in [1.54, 1.807) is 36.4 Å². The number of azo groups is 1. The van der Waals surface area contributed by atoms with Crippen LogP contribution >= 0.6 is 0 Å². The Kier molecular flexibility index (Phi) is 5.49. The van der Waals surface area contributed by atoms with Crippen molar-refractivity contribution in [2.45, 2.75) is 27.7 Å². The highest BCUT2D eigenvalue weighted by molar-refractivity contribution is 5.90. The summed E-state index contributed by atoms with van der Waals surface area (Å²) in [7, 11) is 0. The van der Waals surface area contributed by atoms with Gasteiger partial charge in [-0.2, -0.15) is 0 Å². The van der Waals surface area contributed by atoms with E-state index in [9.17, 15) is 14.8 Å². The molecule has 0 radical (unpaired) electrons. The van der Waals surface area contributed by atoms with Crippen LogP contribution in [0.4, 0.5) is 22.7 Å². The molecule has 0 atom stereocenters. The lowest BCUT2D eigenvalue weighted by atomic mass is 10.2. The van der Waals surface area contributed by atoms with Gasteiger partial charge in [-0.3, -0.25) is 9.59 Å². The molecule has 7 nitrogen and oxygen atoms in total. The minimum Gasteiger partial charge on any atom is -0.594 e. The van der Waals surface area contributed by atoms with Crippen LogP contribution in [0.3, 0.4) is 0 Å². The van der Waals surface area contributed by atoms with E-state index in [0.717, 1.165) is 11.1 Å². The maximum absolute atomic E-state index is 12.3. The molecule has 7 heteroatoms. The van der Waals surface area contributed by atoms with Gasteiger partial charge in [0, 0.05) is 36.8 Å². The topological polar surface area (TPSA) is 96.6 Å². The van der Waals surface area contributed by atoms with Crippen LogP contribution in [-0.2, 0) is 9.59 Å². The Morgan fingerprint density at radius 3 is 2.00 bits per heavy atom. The van der Waals surface area contributed by atoms with Gasteiger partial charge in [0.2, 0.25) is 17.5 Å².